The van der Waals surface area contributed by atoms with E-state index < -0.39 is 0 Å². The van der Waals surface area contributed by atoms with E-state index in [0.717, 1.165) is 64.2 Å². The van der Waals surface area contributed by atoms with Gasteiger partial charge in [0.15, 0.2) is 0 Å². The molecular weight excluding hydrogens is 590 g/mol. The van der Waals surface area contributed by atoms with E-state index in [9.17, 15) is 0 Å². The summed E-state index contributed by atoms with van der Waals surface area (Å²) in [6.07, 6.45) is 9.13. The number of halogens is 1. The molecule has 5 rings (SSSR count). The Hall–Kier alpha value is -3.35. The molecule has 1 aliphatic rings. The fraction of sp³-hybridized carbons (Fsp3) is 0.357. The van der Waals surface area contributed by atoms with E-state index >= 15 is 0 Å². The summed E-state index contributed by atoms with van der Waals surface area (Å²) in [6.45, 7) is 4.22. The molecule has 1 fully saturated rings. The first-order valence-electron chi connectivity index (χ1n) is 13.1. The Bertz CT molecular complexity index is 1500. The Morgan fingerprint density at radius 1 is 1.12 bits per heavy atom. The largest absolute Gasteiger partial charge is 0.494 e. The van der Waals surface area contributed by atoms with Crippen LogP contribution in [0.25, 0.3) is 11.0 Å². The van der Waals surface area contributed by atoms with Gasteiger partial charge in [-0.25, -0.2) is 4.98 Å². The zero-order chi connectivity index (χ0) is 28.2. The second kappa shape index (κ2) is 12.4. The van der Waals surface area contributed by atoms with E-state index in [1.165, 1.54) is 23.2 Å². The molecule has 1 atom stereocenters. The molecular formula is C28H34BrN9OS. The second-order valence-corrected chi connectivity index (χ2v) is 11.2. The third-order valence-electron chi connectivity index (χ3n) is 7.10. The molecule has 2 aromatic carbocycles. The van der Waals surface area contributed by atoms with Crippen LogP contribution in [0.4, 0.5) is 34.5 Å². The number of rotatable bonds is 10. The summed E-state index contributed by atoms with van der Waals surface area (Å²) in [7, 11) is 6.00. The Balaban J connectivity index is 1.44. The highest BCUT2D eigenvalue weighted by Crippen LogP contribution is 2.38. The Morgan fingerprint density at radius 2 is 1.95 bits per heavy atom. The number of nitrogens with one attached hydrogen (secondary N) is 3. The number of likely N-dealkylation sites (N-methyl/N-ethyl adjacent to an activating group) is 1. The number of fused-ring (bicyclic) bond motifs is 1. The summed E-state index contributed by atoms with van der Waals surface area (Å²) in [6, 6.07) is 8.74. The van der Waals surface area contributed by atoms with Crippen LogP contribution in [0.5, 0.6) is 5.75 Å². The van der Waals surface area contributed by atoms with E-state index in [4.69, 9.17) is 9.72 Å². The van der Waals surface area contributed by atoms with Gasteiger partial charge in [-0.05, 0) is 66.6 Å². The molecule has 2 aromatic heterocycles. The third kappa shape index (κ3) is 5.89. The summed E-state index contributed by atoms with van der Waals surface area (Å²) in [5, 5.41) is 6.82. The van der Waals surface area contributed by atoms with Crippen LogP contribution in [-0.2, 0) is 6.42 Å². The maximum absolute atomic E-state index is 5.82. The smallest absolute Gasteiger partial charge is 0.229 e. The summed E-state index contributed by atoms with van der Waals surface area (Å²) >= 11 is 5.09. The zero-order valence-electron chi connectivity index (χ0n) is 23.3. The quantitative estimate of drug-likeness (QED) is 0.179. The van der Waals surface area contributed by atoms with Crippen LogP contribution in [0.1, 0.15) is 18.9 Å². The van der Waals surface area contributed by atoms with Gasteiger partial charge in [-0.2, -0.15) is 4.98 Å². The first-order chi connectivity index (χ1) is 19.4. The van der Waals surface area contributed by atoms with Crippen LogP contribution in [0.2, 0.25) is 0 Å². The van der Waals surface area contributed by atoms with Gasteiger partial charge in [0.1, 0.15) is 17.1 Å². The first kappa shape index (κ1) is 28.2. The fourth-order valence-corrected chi connectivity index (χ4v) is 5.65. The lowest BCUT2D eigenvalue weighted by Gasteiger charge is -2.25. The average Bonchev–Trinajstić information content (AvgIpc) is 3.46. The Labute approximate surface area is 247 Å². The van der Waals surface area contributed by atoms with Crippen molar-refractivity contribution < 1.29 is 4.74 Å². The number of benzene rings is 2. The highest BCUT2D eigenvalue weighted by Gasteiger charge is 2.26. The Kier molecular flexibility index (Phi) is 8.77. The lowest BCUT2D eigenvalue weighted by atomic mass is 10.1. The van der Waals surface area contributed by atoms with Crippen molar-refractivity contribution in [3.63, 3.8) is 0 Å². The highest BCUT2D eigenvalue weighted by molar-refractivity contribution is 9.10. The van der Waals surface area contributed by atoms with Crippen molar-refractivity contribution in [1.82, 2.24) is 24.8 Å². The molecule has 10 nitrogen and oxygen atoms in total. The number of aryl methyl sites for hydroxylation is 1. The molecule has 1 aliphatic heterocycles. The first-order valence-corrected chi connectivity index (χ1v) is 15.1. The van der Waals surface area contributed by atoms with Gasteiger partial charge < -0.3 is 29.9 Å². The topological polar surface area (TPSA) is 103 Å². The van der Waals surface area contributed by atoms with Gasteiger partial charge in [-0.1, -0.05) is 18.9 Å². The van der Waals surface area contributed by atoms with E-state index in [1.807, 2.05) is 18.4 Å². The maximum atomic E-state index is 5.82. The molecule has 0 amide bonds. The number of anilines is 6. The average molecular weight is 625 g/mol. The highest BCUT2D eigenvalue weighted by atomic mass is 79.9. The molecule has 40 heavy (non-hydrogen) atoms. The third-order valence-corrected chi connectivity index (χ3v) is 8.09. The molecule has 0 aliphatic carbocycles. The molecule has 4 aromatic rings. The minimum Gasteiger partial charge on any atom is -0.494 e. The summed E-state index contributed by atoms with van der Waals surface area (Å²) < 4.78 is 9.88. The van der Waals surface area contributed by atoms with Crippen molar-refractivity contribution in [2.45, 2.75) is 25.8 Å². The van der Waals surface area contributed by atoms with Crippen molar-refractivity contribution >= 4 is 73.4 Å². The van der Waals surface area contributed by atoms with E-state index in [1.54, 1.807) is 25.7 Å². The molecule has 3 N–H and O–H groups in total. The molecule has 0 spiro atoms. The summed E-state index contributed by atoms with van der Waals surface area (Å²) in [4.78, 5) is 23.0. The predicted molar refractivity (Wildman–Crippen MR) is 170 cm³/mol. The van der Waals surface area contributed by atoms with Crippen LogP contribution in [0.3, 0.4) is 0 Å². The number of methoxy groups -OCH3 is 1. The predicted octanol–water partition coefficient (Wildman–Crippen LogP) is 6.07. The van der Waals surface area contributed by atoms with Crippen molar-refractivity contribution in [3.05, 3.63) is 52.9 Å². The molecule has 3 heterocycles. The minimum atomic E-state index is 0.451. The number of ether oxygens (including phenoxy) is 1. The zero-order valence-corrected chi connectivity index (χ0v) is 25.7. The maximum Gasteiger partial charge on any atom is 0.229 e. The number of hydrogen-bond donors (Lipinski definition) is 3. The van der Waals surface area contributed by atoms with Gasteiger partial charge in [0.2, 0.25) is 5.95 Å². The van der Waals surface area contributed by atoms with Crippen LogP contribution >= 0.6 is 27.9 Å². The van der Waals surface area contributed by atoms with Crippen molar-refractivity contribution in [2.75, 3.05) is 60.8 Å². The Morgan fingerprint density at radius 3 is 2.67 bits per heavy atom. The van der Waals surface area contributed by atoms with Crippen LogP contribution in [-0.4, -0.2) is 71.4 Å². The monoisotopic (exact) mass is 623 g/mol. The van der Waals surface area contributed by atoms with E-state index in [-0.39, 0.29) is 0 Å². The van der Waals surface area contributed by atoms with Gasteiger partial charge in [-0.3, -0.25) is 9.97 Å². The van der Waals surface area contributed by atoms with Gasteiger partial charge in [0, 0.05) is 55.7 Å². The molecule has 210 valence electrons. The molecule has 1 saturated heterocycles. The van der Waals surface area contributed by atoms with Crippen molar-refractivity contribution in [2.24, 2.45) is 0 Å². The SMILES string of the molecule is CCc1cc(Nc2ncc(Br)c(Nc3ccc4nccnc4c3NSC)n2)c(OC)cc1N1CCC(N(C)C)C1. The standard InChI is InChI=1S/C28H34BrN9OS/c1-6-17-13-22(24(39-4)14-23(17)38-12-9-18(16-38)37(2)3)34-28-32-15-19(29)27(35-28)33-21-8-7-20-25(26(21)36-40-5)31-11-10-30-20/h7-8,10-11,13-15,18,36H,6,9,12,16H2,1-5H3,(H2,32,33,34,35). The van der Waals surface area contributed by atoms with Gasteiger partial charge in [-0.15, -0.1) is 0 Å². The van der Waals surface area contributed by atoms with E-state index in [2.05, 4.69) is 89.2 Å². The van der Waals surface area contributed by atoms with E-state index in [0.29, 0.717) is 17.8 Å². The summed E-state index contributed by atoms with van der Waals surface area (Å²) in [5.74, 6) is 1.82. The molecule has 0 saturated carbocycles. The minimum absolute atomic E-state index is 0.451. The number of hydrogen-bond acceptors (Lipinski definition) is 11. The fourth-order valence-electron chi connectivity index (χ4n) is 4.95. The molecule has 1 unspecified atom stereocenters. The molecule has 0 radical (unpaired) electrons. The normalized spacial score (nSPS) is 15.1. The van der Waals surface area contributed by atoms with Crippen LogP contribution in [0, 0.1) is 0 Å². The van der Waals surface area contributed by atoms with Gasteiger partial charge in [0.25, 0.3) is 0 Å². The number of aromatic nitrogens is 4. The second-order valence-electron chi connectivity index (χ2n) is 9.75. The molecule has 12 heteroatoms. The van der Waals surface area contributed by atoms with Crippen LogP contribution in [0.15, 0.2) is 47.3 Å². The lowest BCUT2D eigenvalue weighted by Crippen LogP contribution is -2.31. The van der Waals surface area contributed by atoms with Crippen LogP contribution < -0.4 is 25.0 Å². The lowest BCUT2D eigenvalue weighted by molar-refractivity contribution is 0.315. The summed E-state index contributed by atoms with van der Waals surface area (Å²) in [5.41, 5.74) is 6.54. The van der Waals surface area contributed by atoms with Gasteiger partial charge >= 0.3 is 0 Å². The van der Waals surface area contributed by atoms with Gasteiger partial charge in [0.05, 0.1) is 34.2 Å². The number of nitrogens with zero attached hydrogens (tertiary/aromatic N) is 6. The van der Waals surface area contributed by atoms with Crippen molar-refractivity contribution in [3.8, 4) is 5.75 Å². The molecule has 0 bridgehead atoms. The van der Waals surface area contributed by atoms with Crippen molar-refractivity contribution in [1.29, 1.82) is 0 Å².